The Labute approximate surface area is 107 Å². The molecule has 0 saturated carbocycles. The van der Waals surface area contributed by atoms with E-state index in [0.29, 0.717) is 0 Å². The van der Waals surface area contributed by atoms with E-state index in [2.05, 4.69) is 61.5 Å². The Balaban J connectivity index is 2.10. The first-order valence-corrected chi connectivity index (χ1v) is 6.12. The van der Waals surface area contributed by atoms with Crippen LogP contribution in [0.1, 0.15) is 28.3 Å². The van der Waals surface area contributed by atoms with Crippen molar-refractivity contribution in [3.8, 4) is 0 Å². The van der Waals surface area contributed by atoms with Gasteiger partial charge in [0.2, 0.25) is 0 Å². The highest BCUT2D eigenvalue weighted by Gasteiger charge is 2.22. The molecule has 3 rings (SSSR count). The predicted octanol–water partition coefficient (Wildman–Crippen LogP) is 3.24. The largest absolute Gasteiger partial charge is 0.306 e. The van der Waals surface area contributed by atoms with Gasteiger partial charge in [-0.05, 0) is 29.7 Å². The minimum absolute atomic E-state index is 0.104. The SMILES string of the molecule is Cc1ccc(C2c3ccccc3C=CN2N)cc1. The normalized spacial score (nSPS) is 17.7. The predicted molar refractivity (Wildman–Crippen MR) is 74.5 cm³/mol. The second kappa shape index (κ2) is 4.31. The fraction of sp³-hybridized carbons (Fsp3) is 0.125. The molecule has 0 saturated heterocycles. The number of nitrogens with two attached hydrogens (primary N) is 1. The van der Waals surface area contributed by atoms with Crippen molar-refractivity contribution in [1.29, 1.82) is 0 Å². The first kappa shape index (κ1) is 11.1. The maximum absolute atomic E-state index is 6.11. The highest BCUT2D eigenvalue weighted by atomic mass is 15.4. The third kappa shape index (κ3) is 1.81. The maximum Gasteiger partial charge on any atom is 0.0951 e. The summed E-state index contributed by atoms with van der Waals surface area (Å²) in [5.41, 5.74) is 4.98. The van der Waals surface area contributed by atoms with Gasteiger partial charge in [-0.25, -0.2) is 5.84 Å². The fourth-order valence-electron chi connectivity index (χ4n) is 2.43. The standard InChI is InChI=1S/C16H16N2/c1-12-6-8-14(9-7-12)16-15-5-3-2-4-13(15)10-11-18(16)17/h2-11,16H,17H2,1H3. The number of hydrogen-bond acceptors (Lipinski definition) is 2. The molecule has 0 aliphatic carbocycles. The molecule has 2 nitrogen and oxygen atoms in total. The van der Waals surface area contributed by atoms with Gasteiger partial charge in [0.05, 0.1) is 6.04 Å². The Hall–Kier alpha value is -2.06. The van der Waals surface area contributed by atoms with Crippen LogP contribution in [0.15, 0.2) is 54.7 Å². The Morgan fingerprint density at radius 2 is 1.72 bits per heavy atom. The molecule has 1 unspecified atom stereocenters. The molecular formula is C16H16N2. The zero-order chi connectivity index (χ0) is 12.5. The highest BCUT2D eigenvalue weighted by Crippen LogP contribution is 2.33. The fourth-order valence-corrected chi connectivity index (χ4v) is 2.43. The van der Waals surface area contributed by atoms with Crippen LogP contribution in [-0.2, 0) is 0 Å². The topological polar surface area (TPSA) is 29.3 Å². The van der Waals surface area contributed by atoms with Gasteiger partial charge in [0.1, 0.15) is 0 Å². The van der Waals surface area contributed by atoms with Crippen molar-refractivity contribution < 1.29 is 0 Å². The van der Waals surface area contributed by atoms with Gasteiger partial charge in [-0.3, -0.25) is 0 Å². The summed E-state index contributed by atoms with van der Waals surface area (Å²) in [5.74, 6) is 6.11. The summed E-state index contributed by atoms with van der Waals surface area (Å²) in [6.45, 7) is 2.10. The summed E-state index contributed by atoms with van der Waals surface area (Å²) < 4.78 is 0. The van der Waals surface area contributed by atoms with E-state index in [9.17, 15) is 0 Å². The van der Waals surface area contributed by atoms with Crippen LogP contribution in [0.5, 0.6) is 0 Å². The zero-order valence-corrected chi connectivity index (χ0v) is 10.4. The van der Waals surface area contributed by atoms with Crippen LogP contribution in [0.25, 0.3) is 6.08 Å². The molecule has 0 radical (unpaired) electrons. The molecule has 2 N–H and O–H groups in total. The molecule has 2 heteroatoms. The molecule has 0 spiro atoms. The van der Waals surface area contributed by atoms with Crippen LogP contribution in [-0.4, -0.2) is 5.01 Å². The summed E-state index contributed by atoms with van der Waals surface area (Å²) >= 11 is 0. The molecular weight excluding hydrogens is 220 g/mol. The van der Waals surface area contributed by atoms with Gasteiger partial charge in [0, 0.05) is 6.20 Å². The van der Waals surface area contributed by atoms with Gasteiger partial charge < -0.3 is 5.01 Å². The first-order valence-electron chi connectivity index (χ1n) is 6.12. The lowest BCUT2D eigenvalue weighted by molar-refractivity contribution is 0.327. The van der Waals surface area contributed by atoms with Gasteiger partial charge in [-0.15, -0.1) is 0 Å². The molecule has 0 fully saturated rings. The Morgan fingerprint density at radius 1 is 1.00 bits per heavy atom. The second-order valence-electron chi connectivity index (χ2n) is 4.71. The molecule has 90 valence electrons. The van der Waals surface area contributed by atoms with E-state index >= 15 is 0 Å². The van der Waals surface area contributed by atoms with Gasteiger partial charge in [0.25, 0.3) is 0 Å². The summed E-state index contributed by atoms with van der Waals surface area (Å²) in [7, 11) is 0. The summed E-state index contributed by atoms with van der Waals surface area (Å²) in [4.78, 5) is 0. The average molecular weight is 236 g/mol. The molecule has 18 heavy (non-hydrogen) atoms. The molecule has 1 aliphatic rings. The third-order valence-corrected chi connectivity index (χ3v) is 3.41. The van der Waals surface area contributed by atoms with E-state index in [1.807, 2.05) is 6.20 Å². The number of rotatable bonds is 1. The Morgan fingerprint density at radius 3 is 2.50 bits per heavy atom. The molecule has 0 aromatic heterocycles. The number of aryl methyl sites for hydroxylation is 1. The molecule has 2 aromatic rings. The van der Waals surface area contributed by atoms with Crippen LogP contribution >= 0.6 is 0 Å². The quantitative estimate of drug-likeness (QED) is 0.770. The van der Waals surface area contributed by atoms with Crippen molar-refractivity contribution in [2.75, 3.05) is 0 Å². The summed E-state index contributed by atoms with van der Waals surface area (Å²) in [6, 6.07) is 17.0. The number of benzene rings is 2. The van der Waals surface area contributed by atoms with Crippen molar-refractivity contribution in [3.63, 3.8) is 0 Å². The van der Waals surface area contributed by atoms with E-state index in [-0.39, 0.29) is 6.04 Å². The lowest BCUT2D eigenvalue weighted by Gasteiger charge is -2.31. The highest BCUT2D eigenvalue weighted by molar-refractivity contribution is 5.58. The van der Waals surface area contributed by atoms with E-state index in [1.165, 1.54) is 22.3 Å². The lowest BCUT2D eigenvalue weighted by Crippen LogP contribution is -2.33. The van der Waals surface area contributed by atoms with Crippen LogP contribution in [0.2, 0.25) is 0 Å². The smallest absolute Gasteiger partial charge is 0.0951 e. The molecule has 1 aliphatic heterocycles. The Bertz CT molecular complexity index is 584. The van der Waals surface area contributed by atoms with Crippen molar-refractivity contribution in [2.45, 2.75) is 13.0 Å². The van der Waals surface area contributed by atoms with Gasteiger partial charge in [-0.1, -0.05) is 54.1 Å². The number of nitrogens with zero attached hydrogens (tertiary/aromatic N) is 1. The van der Waals surface area contributed by atoms with Crippen LogP contribution < -0.4 is 5.84 Å². The van der Waals surface area contributed by atoms with Crippen molar-refractivity contribution in [2.24, 2.45) is 5.84 Å². The van der Waals surface area contributed by atoms with E-state index in [1.54, 1.807) is 5.01 Å². The van der Waals surface area contributed by atoms with E-state index in [4.69, 9.17) is 5.84 Å². The zero-order valence-electron chi connectivity index (χ0n) is 10.4. The van der Waals surface area contributed by atoms with Crippen LogP contribution in [0.4, 0.5) is 0 Å². The van der Waals surface area contributed by atoms with Gasteiger partial charge in [-0.2, -0.15) is 0 Å². The molecule has 2 aromatic carbocycles. The van der Waals surface area contributed by atoms with Crippen molar-refractivity contribution >= 4 is 6.08 Å². The second-order valence-corrected chi connectivity index (χ2v) is 4.71. The van der Waals surface area contributed by atoms with Crippen molar-refractivity contribution in [1.82, 2.24) is 5.01 Å². The Kier molecular flexibility index (Phi) is 2.65. The summed E-state index contributed by atoms with van der Waals surface area (Å²) in [6.07, 6.45) is 3.99. The minimum atomic E-state index is 0.104. The number of hydrazine groups is 1. The molecule has 0 amide bonds. The minimum Gasteiger partial charge on any atom is -0.306 e. The molecule has 0 bridgehead atoms. The van der Waals surface area contributed by atoms with Crippen molar-refractivity contribution in [3.05, 3.63) is 77.0 Å². The third-order valence-electron chi connectivity index (χ3n) is 3.41. The number of hydrogen-bond donors (Lipinski definition) is 1. The van der Waals surface area contributed by atoms with Crippen LogP contribution in [0.3, 0.4) is 0 Å². The lowest BCUT2D eigenvalue weighted by atomic mass is 9.91. The van der Waals surface area contributed by atoms with E-state index in [0.717, 1.165) is 0 Å². The number of fused-ring (bicyclic) bond motifs is 1. The summed E-state index contributed by atoms with van der Waals surface area (Å²) in [5, 5.41) is 1.77. The first-order chi connectivity index (χ1) is 8.75. The van der Waals surface area contributed by atoms with Crippen LogP contribution in [0, 0.1) is 6.92 Å². The maximum atomic E-state index is 6.11. The van der Waals surface area contributed by atoms with E-state index < -0.39 is 0 Å². The molecule has 1 atom stereocenters. The molecule has 1 heterocycles. The monoisotopic (exact) mass is 236 g/mol. The van der Waals surface area contributed by atoms with Gasteiger partial charge >= 0.3 is 0 Å². The van der Waals surface area contributed by atoms with Gasteiger partial charge in [0.15, 0.2) is 0 Å². The average Bonchev–Trinajstić information content (AvgIpc) is 2.40.